The summed E-state index contributed by atoms with van der Waals surface area (Å²) in [4.78, 5) is 9.91. The van der Waals surface area contributed by atoms with E-state index in [1.807, 2.05) is 0 Å². The van der Waals surface area contributed by atoms with Crippen LogP contribution in [0.25, 0.3) is 6.08 Å². The van der Waals surface area contributed by atoms with Crippen LogP contribution in [0.2, 0.25) is 0 Å². The number of rotatable bonds is 2. The number of phenols is 1. The largest absolute Gasteiger partial charge is 0.507 e. The van der Waals surface area contributed by atoms with Crippen molar-refractivity contribution < 1.29 is 14.3 Å². The van der Waals surface area contributed by atoms with E-state index >= 15 is 0 Å². The van der Waals surface area contributed by atoms with Gasteiger partial charge in [0.1, 0.15) is 17.9 Å². The van der Waals surface area contributed by atoms with Crippen molar-refractivity contribution in [3.05, 3.63) is 35.7 Å². The van der Waals surface area contributed by atoms with E-state index in [2.05, 4.69) is 0 Å². The Hall–Kier alpha value is -1.64. The Morgan fingerprint density at radius 3 is 2.75 bits per heavy atom. The Bertz CT molecular complexity index is 298. The molecule has 3 heteroatoms. The second-order valence-electron chi connectivity index (χ2n) is 2.17. The molecule has 0 aliphatic carbocycles. The average Bonchev–Trinajstić information content (AvgIpc) is 2.04. The summed E-state index contributed by atoms with van der Waals surface area (Å²) in [6.45, 7) is 0. The maximum atomic E-state index is 12.8. The molecule has 12 heavy (non-hydrogen) atoms. The van der Waals surface area contributed by atoms with Crippen molar-refractivity contribution in [2.45, 2.75) is 0 Å². The number of aromatic hydroxyl groups is 1. The van der Waals surface area contributed by atoms with Gasteiger partial charge in [0.25, 0.3) is 0 Å². The number of allylic oxidation sites excluding steroid dienone is 1. The highest BCUT2D eigenvalue weighted by Gasteiger charge is 2.02. The molecule has 1 N–H and O–H groups in total. The number of carbonyl (C=O) groups excluding carboxylic acids is 1. The van der Waals surface area contributed by atoms with Crippen LogP contribution in [0.1, 0.15) is 5.56 Å². The first kappa shape index (κ1) is 8.46. The molecule has 2 nitrogen and oxygen atoms in total. The van der Waals surface area contributed by atoms with Gasteiger partial charge in [-0.2, -0.15) is 0 Å². The molecule has 0 atom stereocenters. The van der Waals surface area contributed by atoms with Gasteiger partial charge in [-0.05, 0) is 24.3 Å². The van der Waals surface area contributed by atoms with E-state index in [-0.39, 0.29) is 11.3 Å². The molecule has 0 aliphatic heterocycles. The number of carbonyl (C=O) groups is 1. The van der Waals surface area contributed by atoms with Crippen LogP contribution in [0.4, 0.5) is 4.39 Å². The summed E-state index contributed by atoms with van der Waals surface area (Å²) in [7, 11) is 0. The van der Waals surface area contributed by atoms with Crippen molar-refractivity contribution in [2.75, 3.05) is 0 Å². The van der Waals surface area contributed by atoms with Gasteiger partial charge in [0.05, 0.1) is 5.56 Å². The molecule has 62 valence electrons. The van der Waals surface area contributed by atoms with Crippen molar-refractivity contribution in [1.29, 1.82) is 0 Å². The van der Waals surface area contributed by atoms with Crippen LogP contribution in [0.15, 0.2) is 24.3 Å². The van der Waals surface area contributed by atoms with Crippen molar-refractivity contribution in [3.63, 3.8) is 0 Å². The van der Waals surface area contributed by atoms with E-state index in [4.69, 9.17) is 5.11 Å². The monoisotopic (exact) mass is 166 g/mol. The predicted molar refractivity (Wildman–Crippen MR) is 43.2 cm³/mol. The van der Waals surface area contributed by atoms with Crippen molar-refractivity contribution in [1.82, 2.24) is 0 Å². The zero-order valence-electron chi connectivity index (χ0n) is 6.20. The highest BCUT2D eigenvalue weighted by Crippen LogP contribution is 2.20. The third-order valence-electron chi connectivity index (χ3n) is 1.37. The molecule has 1 aromatic rings. The van der Waals surface area contributed by atoms with Gasteiger partial charge in [0.15, 0.2) is 0 Å². The molecular formula is C9H7FO2. The van der Waals surface area contributed by atoms with Crippen LogP contribution in [-0.4, -0.2) is 11.4 Å². The number of phenolic OH excluding ortho intramolecular Hbond substituents is 1. The Morgan fingerprint density at radius 1 is 1.42 bits per heavy atom. The average molecular weight is 166 g/mol. The first-order valence-corrected chi connectivity index (χ1v) is 3.35. The number of aldehydes is 1. The number of hydrogen-bond donors (Lipinski definition) is 1. The van der Waals surface area contributed by atoms with Gasteiger partial charge in [0.2, 0.25) is 0 Å². The second-order valence-corrected chi connectivity index (χ2v) is 2.17. The summed E-state index contributed by atoms with van der Waals surface area (Å²) in [5, 5.41) is 9.11. The normalized spacial score (nSPS) is 10.4. The van der Waals surface area contributed by atoms with Crippen molar-refractivity contribution in [2.24, 2.45) is 0 Å². The van der Waals surface area contributed by atoms with Gasteiger partial charge in [-0.3, -0.25) is 4.79 Å². The predicted octanol–water partition coefficient (Wildman–Crippen LogP) is 1.74. The summed E-state index contributed by atoms with van der Waals surface area (Å²) >= 11 is 0. The summed E-state index contributed by atoms with van der Waals surface area (Å²) < 4.78 is 12.8. The van der Waals surface area contributed by atoms with Gasteiger partial charge < -0.3 is 5.11 Å². The van der Waals surface area contributed by atoms with Crippen LogP contribution < -0.4 is 0 Å². The van der Waals surface area contributed by atoms with Gasteiger partial charge in [-0.1, -0.05) is 6.07 Å². The molecule has 0 unspecified atom stereocenters. The lowest BCUT2D eigenvalue weighted by molar-refractivity contribution is -0.104. The third kappa shape index (κ3) is 1.69. The zero-order chi connectivity index (χ0) is 8.97. The van der Waals surface area contributed by atoms with Crippen LogP contribution in [0, 0.1) is 5.82 Å². The van der Waals surface area contributed by atoms with Crippen molar-refractivity contribution in [3.8, 4) is 5.75 Å². The number of hydrogen-bond acceptors (Lipinski definition) is 2. The first-order chi connectivity index (χ1) is 5.75. The molecule has 0 saturated heterocycles. The molecule has 0 saturated carbocycles. The van der Waals surface area contributed by atoms with Gasteiger partial charge in [-0.25, -0.2) is 4.39 Å². The Kier molecular flexibility index (Phi) is 2.58. The molecule has 0 fully saturated rings. The summed E-state index contributed by atoms with van der Waals surface area (Å²) in [5.74, 6) is -0.721. The summed E-state index contributed by atoms with van der Waals surface area (Å²) in [6.07, 6.45) is 2.86. The fourth-order valence-electron chi connectivity index (χ4n) is 0.826. The minimum absolute atomic E-state index is 0.0320. The lowest BCUT2D eigenvalue weighted by atomic mass is 10.2. The molecule has 0 bridgehead atoms. The molecule has 1 aromatic carbocycles. The van der Waals surface area contributed by atoms with Gasteiger partial charge in [-0.15, -0.1) is 0 Å². The van der Waals surface area contributed by atoms with Gasteiger partial charge >= 0.3 is 0 Å². The maximum absolute atomic E-state index is 12.8. The van der Waals surface area contributed by atoms with E-state index in [9.17, 15) is 9.18 Å². The quantitative estimate of drug-likeness (QED) is 0.536. The van der Waals surface area contributed by atoms with E-state index in [1.165, 1.54) is 24.3 Å². The van der Waals surface area contributed by atoms with E-state index in [0.717, 1.165) is 6.08 Å². The number of benzene rings is 1. The van der Waals surface area contributed by atoms with E-state index in [0.29, 0.717) is 6.29 Å². The van der Waals surface area contributed by atoms with E-state index in [1.54, 1.807) is 0 Å². The fourth-order valence-corrected chi connectivity index (χ4v) is 0.826. The van der Waals surface area contributed by atoms with Crippen LogP contribution in [-0.2, 0) is 4.79 Å². The zero-order valence-corrected chi connectivity index (χ0v) is 6.20. The second kappa shape index (κ2) is 3.67. The highest BCUT2D eigenvalue weighted by molar-refractivity contribution is 5.75. The minimum atomic E-state index is -0.548. The molecule has 0 aliphatic rings. The standard InChI is InChI=1S/C9H7FO2/c10-8-4-1-5-9(12)7(8)3-2-6-11/h1-6,12H/b3-2+. The Morgan fingerprint density at radius 2 is 2.17 bits per heavy atom. The molecule has 0 amide bonds. The summed E-state index contributed by atoms with van der Waals surface area (Å²) in [6, 6.07) is 3.96. The third-order valence-corrected chi connectivity index (χ3v) is 1.37. The summed E-state index contributed by atoms with van der Waals surface area (Å²) in [5.41, 5.74) is 0.0320. The molecular weight excluding hydrogens is 159 g/mol. The van der Waals surface area contributed by atoms with Gasteiger partial charge in [0, 0.05) is 0 Å². The lowest BCUT2D eigenvalue weighted by Crippen LogP contribution is -1.81. The number of halogens is 1. The molecule has 0 radical (unpaired) electrons. The Labute approximate surface area is 69.0 Å². The smallest absolute Gasteiger partial charge is 0.142 e. The van der Waals surface area contributed by atoms with Crippen LogP contribution in [0.5, 0.6) is 5.75 Å². The minimum Gasteiger partial charge on any atom is -0.507 e. The lowest BCUT2D eigenvalue weighted by Gasteiger charge is -1.98. The van der Waals surface area contributed by atoms with Crippen LogP contribution >= 0.6 is 0 Å². The first-order valence-electron chi connectivity index (χ1n) is 3.35. The SMILES string of the molecule is O=C/C=C/c1c(O)cccc1F. The fraction of sp³-hybridized carbons (Fsp3) is 0. The Balaban J connectivity index is 3.12. The molecule has 0 heterocycles. The van der Waals surface area contributed by atoms with Crippen molar-refractivity contribution >= 4 is 12.4 Å². The molecule has 0 spiro atoms. The molecule has 0 aromatic heterocycles. The highest BCUT2D eigenvalue weighted by atomic mass is 19.1. The topological polar surface area (TPSA) is 37.3 Å². The molecule has 1 rings (SSSR count). The maximum Gasteiger partial charge on any atom is 0.142 e. The van der Waals surface area contributed by atoms with E-state index < -0.39 is 5.82 Å². The van der Waals surface area contributed by atoms with Crippen LogP contribution in [0.3, 0.4) is 0 Å².